The Labute approximate surface area is 165 Å². The second-order valence-corrected chi connectivity index (χ2v) is 9.29. The Morgan fingerprint density at radius 2 is 1.82 bits per heavy atom. The normalized spacial score (nSPS) is 22.1. The van der Waals surface area contributed by atoms with Gasteiger partial charge in [0.05, 0.1) is 24.5 Å². The average Bonchev–Trinajstić information content (AvgIpc) is 2.98. The summed E-state index contributed by atoms with van der Waals surface area (Å²) in [7, 11) is -3.46. The minimum absolute atomic E-state index is 0.00546. The summed E-state index contributed by atoms with van der Waals surface area (Å²) in [5.41, 5.74) is 0.477. The van der Waals surface area contributed by atoms with E-state index in [-0.39, 0.29) is 18.3 Å². The third kappa shape index (κ3) is 3.64. The molecule has 1 atom stereocenters. The summed E-state index contributed by atoms with van der Waals surface area (Å²) in [6, 6.07) is 16.6. The molecule has 148 valence electrons. The zero-order valence-corrected chi connectivity index (χ0v) is 16.4. The predicted octanol–water partition coefficient (Wildman–Crippen LogP) is 2.95. The van der Waals surface area contributed by atoms with Crippen LogP contribution in [0.2, 0.25) is 0 Å². The molecule has 2 aromatic rings. The molecule has 1 saturated heterocycles. The minimum atomic E-state index is -3.46. The highest BCUT2D eigenvalue weighted by Crippen LogP contribution is 2.43. The number of piperidine rings is 1. The van der Waals surface area contributed by atoms with Gasteiger partial charge in [-0.05, 0) is 37.5 Å². The van der Waals surface area contributed by atoms with Crippen molar-refractivity contribution in [2.45, 2.75) is 24.9 Å². The van der Waals surface area contributed by atoms with Crippen molar-refractivity contribution in [1.29, 1.82) is 0 Å². The number of sulfonamides is 1. The van der Waals surface area contributed by atoms with Gasteiger partial charge in [-0.3, -0.25) is 0 Å². The number of nitrogens with zero attached hydrogens (tertiary/aromatic N) is 1. The first-order chi connectivity index (χ1) is 13.5. The Hall–Kier alpha value is -2.38. The molecule has 0 aromatic heterocycles. The fourth-order valence-electron chi connectivity index (χ4n) is 3.95. The molecule has 7 heteroatoms. The van der Waals surface area contributed by atoms with Crippen molar-refractivity contribution in [1.82, 2.24) is 4.31 Å². The van der Waals surface area contributed by atoms with Gasteiger partial charge in [0.1, 0.15) is 5.75 Å². The zero-order valence-electron chi connectivity index (χ0n) is 15.5. The Morgan fingerprint density at radius 1 is 1.07 bits per heavy atom. The highest BCUT2D eigenvalue weighted by atomic mass is 32.2. The Kier molecular flexibility index (Phi) is 5.12. The maximum Gasteiger partial charge on any atom is 0.339 e. The van der Waals surface area contributed by atoms with Crippen molar-refractivity contribution in [3.63, 3.8) is 0 Å². The van der Waals surface area contributed by atoms with E-state index in [9.17, 15) is 13.2 Å². The number of benzene rings is 2. The fourth-order valence-corrected chi connectivity index (χ4v) is 5.50. The second kappa shape index (κ2) is 7.56. The lowest BCUT2D eigenvalue weighted by atomic mass is 9.86. The van der Waals surface area contributed by atoms with Crippen LogP contribution >= 0.6 is 0 Å². The van der Waals surface area contributed by atoms with Crippen LogP contribution in [0, 0.1) is 0 Å². The van der Waals surface area contributed by atoms with Gasteiger partial charge >= 0.3 is 5.97 Å². The van der Waals surface area contributed by atoms with Crippen LogP contribution in [-0.2, 0) is 20.4 Å². The number of hydrogen-bond acceptors (Lipinski definition) is 5. The summed E-state index contributed by atoms with van der Waals surface area (Å²) in [4.78, 5) is 12.2. The first kappa shape index (κ1) is 19.0. The number of para-hydroxylation sites is 1. The van der Waals surface area contributed by atoms with Gasteiger partial charge in [0.2, 0.25) is 10.0 Å². The molecular weight excluding hydrogens is 378 g/mol. The fraction of sp³-hybridized carbons (Fsp3) is 0.381. The molecular formula is C21H23NO5S. The van der Waals surface area contributed by atoms with E-state index in [0.29, 0.717) is 38.0 Å². The van der Waals surface area contributed by atoms with Crippen LogP contribution in [0.15, 0.2) is 54.6 Å². The standard InChI is InChI=1S/C21H23NO5S/c23-20-18-10-4-5-11-19(18)21(27-20)12-6-13-22(16-21)28(24,25)15-7-14-26-17-8-2-1-3-9-17/h1-5,8-11H,6-7,12-16H2. The van der Waals surface area contributed by atoms with Crippen LogP contribution in [0.4, 0.5) is 0 Å². The lowest BCUT2D eigenvalue weighted by molar-refractivity contribution is -0.0345. The van der Waals surface area contributed by atoms with Gasteiger partial charge in [-0.2, -0.15) is 4.31 Å². The quantitative estimate of drug-likeness (QED) is 0.550. The number of esters is 1. The molecule has 2 aliphatic heterocycles. The molecule has 0 radical (unpaired) electrons. The smallest absolute Gasteiger partial charge is 0.339 e. The van der Waals surface area contributed by atoms with Crippen molar-refractivity contribution < 1.29 is 22.7 Å². The molecule has 1 unspecified atom stereocenters. The molecule has 2 heterocycles. The van der Waals surface area contributed by atoms with Gasteiger partial charge in [0, 0.05) is 12.1 Å². The van der Waals surface area contributed by atoms with Crippen LogP contribution in [-0.4, -0.2) is 44.1 Å². The molecule has 1 fully saturated rings. The Balaban J connectivity index is 1.41. The number of carbonyl (C=O) groups excluding carboxylic acids is 1. The van der Waals surface area contributed by atoms with Crippen molar-refractivity contribution in [3.05, 3.63) is 65.7 Å². The maximum atomic E-state index is 12.9. The van der Waals surface area contributed by atoms with E-state index < -0.39 is 15.6 Å². The van der Waals surface area contributed by atoms with Crippen molar-refractivity contribution in [2.75, 3.05) is 25.4 Å². The molecule has 0 amide bonds. The van der Waals surface area contributed by atoms with Crippen LogP contribution in [0.5, 0.6) is 5.75 Å². The summed E-state index contributed by atoms with van der Waals surface area (Å²) in [5.74, 6) is 0.364. The minimum Gasteiger partial charge on any atom is -0.494 e. The van der Waals surface area contributed by atoms with Gasteiger partial charge in [-0.1, -0.05) is 36.4 Å². The highest BCUT2D eigenvalue weighted by Gasteiger charge is 2.49. The van der Waals surface area contributed by atoms with Crippen LogP contribution in [0.1, 0.15) is 35.2 Å². The molecule has 0 saturated carbocycles. The van der Waals surface area contributed by atoms with Gasteiger partial charge in [0.15, 0.2) is 5.60 Å². The first-order valence-electron chi connectivity index (χ1n) is 9.49. The number of carbonyl (C=O) groups is 1. The number of ether oxygens (including phenoxy) is 2. The SMILES string of the molecule is O=C1OC2(CCCN(S(=O)(=O)CCCOc3ccccc3)C2)c2ccccc21. The number of rotatable bonds is 6. The summed E-state index contributed by atoms with van der Waals surface area (Å²) < 4.78 is 38.5. The molecule has 4 rings (SSSR count). The molecule has 0 bridgehead atoms. The van der Waals surface area contributed by atoms with Crippen molar-refractivity contribution >= 4 is 16.0 Å². The molecule has 28 heavy (non-hydrogen) atoms. The predicted molar refractivity (Wildman–Crippen MR) is 105 cm³/mol. The van der Waals surface area contributed by atoms with E-state index in [1.165, 1.54) is 4.31 Å². The molecule has 6 nitrogen and oxygen atoms in total. The summed E-state index contributed by atoms with van der Waals surface area (Å²) in [5, 5.41) is 0. The molecule has 1 spiro atoms. The maximum absolute atomic E-state index is 12.9. The van der Waals surface area contributed by atoms with E-state index in [2.05, 4.69) is 0 Å². The van der Waals surface area contributed by atoms with Crippen molar-refractivity contribution in [2.24, 2.45) is 0 Å². The third-order valence-corrected chi connectivity index (χ3v) is 7.20. The van der Waals surface area contributed by atoms with E-state index in [1.807, 2.05) is 42.5 Å². The average molecular weight is 401 g/mol. The monoisotopic (exact) mass is 401 g/mol. The third-order valence-electron chi connectivity index (χ3n) is 5.30. The lowest BCUT2D eigenvalue weighted by Gasteiger charge is -2.38. The Morgan fingerprint density at radius 3 is 2.64 bits per heavy atom. The zero-order chi connectivity index (χ0) is 19.6. The summed E-state index contributed by atoms with van der Waals surface area (Å²) in [6.07, 6.45) is 1.69. The van der Waals surface area contributed by atoms with E-state index in [0.717, 1.165) is 11.3 Å². The first-order valence-corrected chi connectivity index (χ1v) is 11.1. The van der Waals surface area contributed by atoms with Gasteiger partial charge in [0.25, 0.3) is 0 Å². The largest absolute Gasteiger partial charge is 0.494 e. The lowest BCUT2D eigenvalue weighted by Crippen LogP contribution is -2.49. The van der Waals surface area contributed by atoms with Crippen molar-refractivity contribution in [3.8, 4) is 5.75 Å². The topological polar surface area (TPSA) is 72.9 Å². The second-order valence-electron chi connectivity index (χ2n) is 7.20. The molecule has 2 aromatic carbocycles. The van der Waals surface area contributed by atoms with Gasteiger partial charge in [-0.15, -0.1) is 0 Å². The summed E-state index contributed by atoms with van der Waals surface area (Å²) in [6.45, 7) is 0.959. The van der Waals surface area contributed by atoms with Gasteiger partial charge < -0.3 is 9.47 Å². The van der Waals surface area contributed by atoms with Crippen LogP contribution in [0.3, 0.4) is 0 Å². The van der Waals surface area contributed by atoms with E-state index in [4.69, 9.17) is 9.47 Å². The molecule has 2 aliphatic rings. The van der Waals surface area contributed by atoms with E-state index in [1.54, 1.807) is 12.1 Å². The van der Waals surface area contributed by atoms with Crippen LogP contribution < -0.4 is 4.74 Å². The molecule has 0 aliphatic carbocycles. The molecule has 0 N–H and O–H groups in total. The van der Waals surface area contributed by atoms with Gasteiger partial charge in [-0.25, -0.2) is 13.2 Å². The Bertz CT molecular complexity index is 960. The highest BCUT2D eigenvalue weighted by molar-refractivity contribution is 7.89. The van der Waals surface area contributed by atoms with Crippen LogP contribution in [0.25, 0.3) is 0 Å². The van der Waals surface area contributed by atoms with E-state index >= 15 is 0 Å². The number of hydrogen-bond donors (Lipinski definition) is 0. The summed E-state index contributed by atoms with van der Waals surface area (Å²) >= 11 is 0. The number of fused-ring (bicyclic) bond motifs is 2.